The Morgan fingerprint density at radius 1 is 1.35 bits per heavy atom. The highest BCUT2D eigenvalue weighted by atomic mass is 16.6. The number of rotatable bonds is 2. The molecule has 0 aromatic rings. The number of guanidine groups is 1. The van der Waals surface area contributed by atoms with Gasteiger partial charge < -0.3 is 25.8 Å². The number of aliphatic hydroxyl groups excluding tert-OH is 3. The van der Waals surface area contributed by atoms with E-state index in [0.29, 0.717) is 0 Å². The van der Waals surface area contributed by atoms with Gasteiger partial charge in [-0.05, 0) is 0 Å². The van der Waals surface area contributed by atoms with Crippen molar-refractivity contribution in [2.75, 3.05) is 6.61 Å². The molecule has 5 N–H and O–H groups in total. The average molecular weight is 282 g/mol. The summed E-state index contributed by atoms with van der Waals surface area (Å²) in [4.78, 5) is 22.8. The van der Waals surface area contributed by atoms with Crippen LogP contribution in [0.15, 0.2) is 15.0 Å². The molecule has 4 atom stereocenters. The monoisotopic (exact) mass is 282 g/mol. The lowest BCUT2D eigenvalue weighted by molar-refractivity contribution is -0.517. The third kappa shape index (κ3) is 1.78. The smallest absolute Gasteiger partial charge is 0.324 e. The van der Waals surface area contributed by atoms with E-state index in [2.05, 4.69) is 15.0 Å². The number of nitrogens with two attached hydrogens (primary N) is 1. The molecule has 0 bridgehead atoms. The quantitative estimate of drug-likeness (QED) is 0.381. The molecule has 20 heavy (non-hydrogen) atoms. The summed E-state index contributed by atoms with van der Waals surface area (Å²) in [6.07, 6.45) is -3.27. The molecule has 3 aliphatic heterocycles. The van der Waals surface area contributed by atoms with Gasteiger partial charge in [0.25, 0.3) is 5.71 Å². The number of aliphatic hydroxyl groups is 3. The summed E-state index contributed by atoms with van der Waals surface area (Å²) < 4.78 is 6.61. The van der Waals surface area contributed by atoms with Crippen LogP contribution >= 0.6 is 0 Å². The van der Waals surface area contributed by atoms with Crippen molar-refractivity contribution in [3.05, 3.63) is 0 Å². The van der Waals surface area contributed by atoms with Crippen molar-refractivity contribution >= 4 is 29.8 Å². The number of carbonyl (C=O) groups is 1. The average Bonchev–Trinajstić information content (AvgIpc) is 2.93. The Labute approximate surface area is 112 Å². The van der Waals surface area contributed by atoms with E-state index in [4.69, 9.17) is 15.6 Å². The molecule has 0 aromatic heterocycles. The molecule has 1 saturated heterocycles. The van der Waals surface area contributed by atoms with E-state index in [9.17, 15) is 15.0 Å². The molecule has 1 amide bonds. The molecular weight excluding hydrogens is 270 g/mol. The summed E-state index contributed by atoms with van der Waals surface area (Å²) in [5, 5.41) is 28.7. The van der Waals surface area contributed by atoms with E-state index in [1.165, 1.54) is 10.9 Å². The number of hydrogen-bond acceptors (Lipinski definition) is 8. The highest BCUT2D eigenvalue weighted by Crippen LogP contribution is 2.23. The topological polar surface area (TPSA) is 153 Å². The Hall–Kier alpha value is -2.01. The summed E-state index contributed by atoms with van der Waals surface area (Å²) in [7, 11) is 0. The number of hydrogen-bond donors (Lipinski definition) is 4. The van der Waals surface area contributed by atoms with Gasteiger partial charge in [0.05, 0.1) is 6.61 Å². The van der Waals surface area contributed by atoms with Crippen LogP contribution in [0.1, 0.15) is 0 Å². The van der Waals surface area contributed by atoms with Crippen LogP contribution in [0.2, 0.25) is 0 Å². The zero-order valence-corrected chi connectivity index (χ0v) is 10.1. The number of amidine groups is 1. The van der Waals surface area contributed by atoms with Crippen LogP contribution < -0.4 is 5.73 Å². The second-order valence-electron chi connectivity index (χ2n) is 4.44. The van der Waals surface area contributed by atoms with E-state index >= 15 is 0 Å². The minimum atomic E-state index is -1.30. The lowest BCUT2D eigenvalue weighted by Crippen LogP contribution is -2.45. The molecule has 0 aromatic carbocycles. The van der Waals surface area contributed by atoms with E-state index < -0.39 is 37.1 Å². The van der Waals surface area contributed by atoms with Gasteiger partial charge in [0, 0.05) is 0 Å². The molecule has 3 aliphatic rings. The largest absolute Gasteiger partial charge is 0.394 e. The van der Waals surface area contributed by atoms with Crippen molar-refractivity contribution in [3.8, 4) is 0 Å². The summed E-state index contributed by atoms with van der Waals surface area (Å²) >= 11 is 0. The van der Waals surface area contributed by atoms with Crippen LogP contribution in [-0.2, 0) is 9.53 Å². The first kappa shape index (κ1) is 13.0. The molecule has 10 nitrogen and oxygen atoms in total. The maximum atomic E-state index is 11.6. The second-order valence-corrected chi connectivity index (χ2v) is 4.44. The van der Waals surface area contributed by atoms with Gasteiger partial charge in [0.1, 0.15) is 18.3 Å². The fourth-order valence-corrected chi connectivity index (χ4v) is 2.20. The van der Waals surface area contributed by atoms with Gasteiger partial charge in [-0.1, -0.05) is 9.98 Å². The van der Waals surface area contributed by atoms with Crippen molar-refractivity contribution in [3.63, 3.8) is 0 Å². The first-order chi connectivity index (χ1) is 9.52. The van der Waals surface area contributed by atoms with Crippen LogP contribution in [0.4, 0.5) is 0 Å². The summed E-state index contributed by atoms with van der Waals surface area (Å²) in [6.45, 7) is -0.453. The fourth-order valence-electron chi connectivity index (χ4n) is 2.20. The van der Waals surface area contributed by atoms with Crippen molar-refractivity contribution < 1.29 is 29.4 Å². The maximum Gasteiger partial charge on any atom is 0.324 e. The first-order valence-electron chi connectivity index (χ1n) is 5.82. The molecule has 0 unspecified atom stereocenters. The molecule has 0 aliphatic carbocycles. The molecule has 1 fully saturated rings. The third-order valence-corrected chi connectivity index (χ3v) is 3.20. The van der Waals surface area contributed by atoms with Crippen molar-refractivity contribution in [2.45, 2.75) is 24.5 Å². The highest BCUT2D eigenvalue weighted by molar-refractivity contribution is 6.68. The number of carbonyl (C=O) groups excluding carboxylic acids is 1. The van der Waals surface area contributed by atoms with Gasteiger partial charge in [0.15, 0.2) is 0 Å². The third-order valence-electron chi connectivity index (χ3n) is 3.20. The predicted molar refractivity (Wildman–Crippen MR) is 65.6 cm³/mol. The highest BCUT2D eigenvalue weighted by Gasteiger charge is 2.50. The van der Waals surface area contributed by atoms with Gasteiger partial charge in [0.2, 0.25) is 12.6 Å². The van der Waals surface area contributed by atoms with E-state index in [0.717, 1.165) is 0 Å². The zero-order chi connectivity index (χ0) is 14.4. The Balaban J connectivity index is 1.91. The molecular formula is C10H12N5O5+. The summed E-state index contributed by atoms with van der Waals surface area (Å²) in [6, 6.07) is 0. The molecule has 0 saturated carbocycles. The predicted octanol–water partition coefficient (Wildman–Crippen LogP) is -3.83. The summed E-state index contributed by atoms with van der Waals surface area (Å²) in [5.41, 5.74) is 5.39. The lowest BCUT2D eigenvalue weighted by atomic mass is 10.1. The van der Waals surface area contributed by atoms with Crippen LogP contribution in [0, 0.1) is 0 Å². The van der Waals surface area contributed by atoms with Crippen molar-refractivity contribution in [1.29, 1.82) is 0 Å². The molecule has 3 heterocycles. The standard InChI is InChI=1S/C10H11N5O5/c11-10-13-7-4(8(19)14-10)12-2-15(7)9-6(18)5(17)3(1-16)20-9/h2-3,5-6,9,16-18H,1H2,(H-,11,14,19)/p+1/t3-,5-,6-,9-/m1/s1. The van der Waals surface area contributed by atoms with E-state index in [1.54, 1.807) is 0 Å². The van der Waals surface area contributed by atoms with Crippen molar-refractivity contribution in [2.24, 2.45) is 20.7 Å². The maximum absolute atomic E-state index is 11.6. The Kier molecular flexibility index (Phi) is 2.94. The van der Waals surface area contributed by atoms with E-state index in [-0.39, 0.29) is 17.5 Å². The van der Waals surface area contributed by atoms with Gasteiger partial charge in [-0.15, -0.1) is 0 Å². The normalized spacial score (nSPS) is 36.2. The van der Waals surface area contributed by atoms with Crippen molar-refractivity contribution in [1.82, 2.24) is 0 Å². The van der Waals surface area contributed by atoms with Crippen LogP contribution in [0.3, 0.4) is 0 Å². The van der Waals surface area contributed by atoms with Crippen LogP contribution in [-0.4, -0.2) is 80.8 Å². The zero-order valence-electron chi connectivity index (χ0n) is 10.1. The van der Waals surface area contributed by atoms with Gasteiger partial charge in [-0.25, -0.2) is 0 Å². The molecule has 0 spiro atoms. The number of nitrogens with zero attached hydrogens (tertiary/aromatic N) is 4. The molecule has 3 rings (SSSR count). The van der Waals surface area contributed by atoms with Gasteiger partial charge in [-0.3, -0.25) is 4.79 Å². The molecule has 0 radical (unpaired) electrons. The lowest BCUT2D eigenvalue weighted by Gasteiger charge is -2.15. The Morgan fingerprint density at radius 2 is 2.10 bits per heavy atom. The second kappa shape index (κ2) is 4.52. The summed E-state index contributed by atoms with van der Waals surface area (Å²) in [5.74, 6) is -0.772. The Bertz CT molecular complexity index is 595. The number of aliphatic imine (C=N–C) groups is 3. The molecule has 10 heteroatoms. The van der Waals surface area contributed by atoms with Crippen LogP contribution in [0.5, 0.6) is 0 Å². The van der Waals surface area contributed by atoms with E-state index in [1.807, 2.05) is 0 Å². The molecule has 106 valence electrons. The Morgan fingerprint density at radius 3 is 2.75 bits per heavy atom. The number of ether oxygens (including phenoxy) is 1. The van der Waals surface area contributed by atoms with Crippen LogP contribution in [0.25, 0.3) is 0 Å². The van der Waals surface area contributed by atoms with Gasteiger partial charge >= 0.3 is 17.7 Å². The van der Waals surface area contributed by atoms with Gasteiger partial charge in [-0.2, -0.15) is 9.57 Å². The number of amides is 1. The fraction of sp³-hybridized carbons (Fsp3) is 0.500. The minimum absolute atomic E-state index is 0.0167. The number of fused-ring (bicyclic) bond motifs is 1. The SMILES string of the molecule is NC1=NC(=O)C2=NC=[N+]([C@@H]3O[C@H](CO)[C@@H](O)[C@H]3O)C2=N1. The first-order valence-corrected chi connectivity index (χ1v) is 5.82. The minimum Gasteiger partial charge on any atom is -0.394 e.